The minimum Gasteiger partial charge on any atom is -0.246 e. The van der Waals surface area contributed by atoms with Gasteiger partial charge < -0.3 is 0 Å². The lowest BCUT2D eigenvalue weighted by Crippen LogP contribution is -2.12. The lowest BCUT2D eigenvalue weighted by Gasteiger charge is -2.05. The summed E-state index contributed by atoms with van der Waals surface area (Å²) in [5.41, 5.74) is 0. The Labute approximate surface area is 130 Å². The first-order valence-electron chi connectivity index (χ1n) is 8.32. The Balaban J connectivity index is 3.28. The van der Waals surface area contributed by atoms with Crippen LogP contribution in [0.3, 0.4) is 0 Å². The highest BCUT2D eigenvalue weighted by Gasteiger charge is 2.12. The minimum atomic E-state index is -3.99. The second-order valence-corrected chi connectivity index (χ2v) is 6.49. The van der Waals surface area contributed by atoms with Crippen molar-refractivity contribution in [3.05, 3.63) is 0 Å². The summed E-state index contributed by atoms with van der Waals surface area (Å²) in [5, 5.41) is 0. The van der Waals surface area contributed by atoms with E-state index in [0.717, 1.165) is 19.3 Å². The fourth-order valence-electron chi connectivity index (χ4n) is 1.95. The van der Waals surface area contributed by atoms with Crippen LogP contribution in [0.1, 0.15) is 84.5 Å². The van der Waals surface area contributed by atoms with Crippen LogP contribution >= 0.6 is 0 Å². The quantitative estimate of drug-likeness (QED) is 0.237. The first kappa shape index (κ1) is 20.8. The number of unbranched alkanes of at least 4 members (excludes halogenated alkanes) is 9. The highest BCUT2D eigenvalue weighted by molar-refractivity contribution is 7.81. The molecule has 0 aromatic carbocycles. The zero-order valence-corrected chi connectivity index (χ0v) is 14.5. The molecule has 0 aliphatic rings. The van der Waals surface area contributed by atoms with Gasteiger partial charge in [-0.15, -0.1) is 0 Å². The predicted molar refractivity (Wildman–Crippen MR) is 84.0 cm³/mol. The van der Waals surface area contributed by atoms with Gasteiger partial charge in [-0.1, -0.05) is 76.0 Å². The minimum absolute atomic E-state index is 0.161. The Hall–Kier alpha value is -0.170. The van der Waals surface area contributed by atoms with Gasteiger partial charge in [-0.3, -0.25) is 0 Å². The summed E-state index contributed by atoms with van der Waals surface area (Å²) in [6.45, 7) is 4.49. The molecular weight excluding hydrogens is 292 g/mol. The average Bonchev–Trinajstić information content (AvgIpc) is 2.45. The Bertz CT molecular complexity index is 303. The van der Waals surface area contributed by atoms with Crippen LogP contribution in [0.5, 0.6) is 0 Å². The van der Waals surface area contributed by atoms with Crippen molar-refractivity contribution >= 4 is 10.4 Å². The maximum atomic E-state index is 11.2. The summed E-state index contributed by atoms with van der Waals surface area (Å²) in [4.78, 5) is 4.49. The fraction of sp³-hybridized carbons (Fsp3) is 1.00. The highest BCUT2D eigenvalue weighted by Crippen LogP contribution is 2.11. The highest BCUT2D eigenvalue weighted by atomic mass is 32.3. The van der Waals surface area contributed by atoms with Crippen LogP contribution in [-0.2, 0) is 23.8 Å². The molecule has 0 spiro atoms. The third-order valence-corrected chi connectivity index (χ3v) is 3.86. The summed E-state index contributed by atoms with van der Waals surface area (Å²) in [7, 11) is -3.99. The van der Waals surface area contributed by atoms with Crippen LogP contribution in [0.25, 0.3) is 0 Å². The SMILES string of the molecule is CCCCCCCCCCCCOS(=O)(=O)OOCCC. The third-order valence-electron chi connectivity index (χ3n) is 3.14. The van der Waals surface area contributed by atoms with Crippen molar-refractivity contribution in [3.63, 3.8) is 0 Å². The molecule has 21 heavy (non-hydrogen) atoms. The van der Waals surface area contributed by atoms with Crippen LogP contribution in [0, 0.1) is 0 Å². The van der Waals surface area contributed by atoms with Crippen molar-refractivity contribution in [2.75, 3.05) is 13.2 Å². The summed E-state index contributed by atoms with van der Waals surface area (Å²) in [5.74, 6) is 0. The molecule has 0 aliphatic heterocycles. The van der Waals surface area contributed by atoms with Crippen molar-refractivity contribution in [1.82, 2.24) is 0 Å². The lowest BCUT2D eigenvalue weighted by molar-refractivity contribution is -0.209. The van der Waals surface area contributed by atoms with Crippen LogP contribution in [0.4, 0.5) is 0 Å². The molecule has 0 rings (SSSR count). The monoisotopic (exact) mass is 324 g/mol. The molecule has 0 amide bonds. The van der Waals surface area contributed by atoms with Gasteiger partial charge in [0.2, 0.25) is 0 Å². The maximum absolute atomic E-state index is 11.2. The Morgan fingerprint density at radius 2 is 1.19 bits per heavy atom. The maximum Gasteiger partial charge on any atom is 0.426 e. The van der Waals surface area contributed by atoms with Crippen molar-refractivity contribution in [1.29, 1.82) is 0 Å². The average molecular weight is 324 g/mol. The molecule has 0 fully saturated rings. The van der Waals surface area contributed by atoms with E-state index in [-0.39, 0.29) is 13.2 Å². The van der Waals surface area contributed by atoms with Crippen LogP contribution in [-0.4, -0.2) is 21.6 Å². The number of hydrogen-bond acceptors (Lipinski definition) is 5. The summed E-state index contributed by atoms with van der Waals surface area (Å²) in [6.07, 6.45) is 12.7. The van der Waals surface area contributed by atoms with Gasteiger partial charge in [-0.05, 0) is 12.8 Å². The Morgan fingerprint density at radius 1 is 0.667 bits per heavy atom. The molecule has 0 atom stereocenters. The molecule has 0 aromatic rings. The molecule has 0 N–H and O–H groups in total. The van der Waals surface area contributed by atoms with Crippen LogP contribution in [0.15, 0.2) is 0 Å². The van der Waals surface area contributed by atoms with E-state index in [2.05, 4.69) is 20.3 Å². The van der Waals surface area contributed by atoms with Gasteiger partial charge in [-0.2, -0.15) is 8.42 Å². The summed E-state index contributed by atoms with van der Waals surface area (Å²) in [6, 6.07) is 0. The molecule has 0 heterocycles. The molecular formula is C15H32O5S. The van der Waals surface area contributed by atoms with Crippen LogP contribution in [0.2, 0.25) is 0 Å². The second-order valence-electron chi connectivity index (χ2n) is 5.30. The second kappa shape index (κ2) is 14.8. The van der Waals surface area contributed by atoms with E-state index in [0.29, 0.717) is 6.42 Å². The molecule has 0 aromatic heterocycles. The first-order valence-corrected chi connectivity index (χ1v) is 9.66. The molecule has 0 unspecified atom stereocenters. The smallest absolute Gasteiger partial charge is 0.246 e. The van der Waals surface area contributed by atoms with Crippen molar-refractivity contribution < 1.29 is 21.8 Å². The predicted octanol–water partition coefficient (Wildman–Crippen LogP) is 4.53. The normalized spacial score (nSPS) is 11.9. The van der Waals surface area contributed by atoms with Crippen molar-refractivity contribution in [2.24, 2.45) is 0 Å². The molecule has 0 saturated heterocycles. The number of hydrogen-bond donors (Lipinski definition) is 0. The molecule has 5 nitrogen and oxygen atoms in total. The molecule has 0 radical (unpaired) electrons. The molecule has 6 heteroatoms. The van der Waals surface area contributed by atoms with Gasteiger partial charge in [0.15, 0.2) is 0 Å². The molecule has 0 bridgehead atoms. The topological polar surface area (TPSA) is 61.8 Å². The van der Waals surface area contributed by atoms with E-state index in [1.165, 1.54) is 44.9 Å². The fourth-order valence-corrected chi connectivity index (χ4v) is 2.49. The van der Waals surface area contributed by atoms with Crippen molar-refractivity contribution in [3.8, 4) is 0 Å². The van der Waals surface area contributed by atoms with E-state index >= 15 is 0 Å². The van der Waals surface area contributed by atoms with Gasteiger partial charge in [0.1, 0.15) is 0 Å². The zero-order valence-electron chi connectivity index (χ0n) is 13.6. The largest absolute Gasteiger partial charge is 0.426 e. The molecule has 0 aliphatic carbocycles. The zero-order chi connectivity index (χ0) is 15.8. The van der Waals surface area contributed by atoms with E-state index in [4.69, 9.17) is 0 Å². The van der Waals surface area contributed by atoms with Crippen LogP contribution < -0.4 is 0 Å². The van der Waals surface area contributed by atoms with E-state index in [9.17, 15) is 8.42 Å². The Morgan fingerprint density at radius 3 is 1.71 bits per heavy atom. The first-order chi connectivity index (χ1) is 10.1. The van der Waals surface area contributed by atoms with Gasteiger partial charge in [0.25, 0.3) is 0 Å². The Kier molecular flexibility index (Phi) is 14.6. The molecule has 0 saturated carbocycles. The van der Waals surface area contributed by atoms with E-state index < -0.39 is 10.4 Å². The number of rotatable bonds is 16. The van der Waals surface area contributed by atoms with Gasteiger partial charge >= 0.3 is 10.4 Å². The van der Waals surface area contributed by atoms with E-state index in [1.807, 2.05) is 6.92 Å². The standard InChI is InChI=1S/C15H32O5S/c1-3-5-6-7-8-9-10-11-12-13-15-19-21(16,17)20-18-14-4-2/h3-15H2,1-2H3. The van der Waals surface area contributed by atoms with Gasteiger partial charge in [0.05, 0.1) is 13.2 Å². The third kappa shape index (κ3) is 16.0. The lowest BCUT2D eigenvalue weighted by atomic mass is 10.1. The van der Waals surface area contributed by atoms with Crippen molar-refractivity contribution in [2.45, 2.75) is 84.5 Å². The van der Waals surface area contributed by atoms with Gasteiger partial charge in [0, 0.05) is 0 Å². The van der Waals surface area contributed by atoms with E-state index in [1.54, 1.807) is 0 Å². The summed E-state index contributed by atoms with van der Waals surface area (Å²) >= 11 is 0. The molecule has 128 valence electrons. The summed E-state index contributed by atoms with van der Waals surface area (Å²) < 4.78 is 31.3. The van der Waals surface area contributed by atoms with Gasteiger partial charge in [-0.25, -0.2) is 9.07 Å².